The van der Waals surface area contributed by atoms with Crippen molar-refractivity contribution in [1.29, 1.82) is 0 Å². The van der Waals surface area contributed by atoms with E-state index in [1.807, 2.05) is 6.92 Å². The van der Waals surface area contributed by atoms with E-state index in [1.165, 1.54) is 0 Å². The second-order valence-corrected chi connectivity index (χ2v) is 6.14. The predicted molar refractivity (Wildman–Crippen MR) is 94.7 cm³/mol. The topological polar surface area (TPSA) is 38.3 Å². The van der Waals surface area contributed by atoms with E-state index >= 15 is 0 Å². The first-order valence-corrected chi connectivity index (χ1v) is 8.03. The Morgan fingerprint density at radius 3 is 2.57 bits per heavy atom. The van der Waals surface area contributed by atoms with Crippen molar-refractivity contribution in [3.63, 3.8) is 0 Å². The van der Waals surface area contributed by atoms with Gasteiger partial charge in [0.1, 0.15) is 5.75 Å². The van der Waals surface area contributed by atoms with Crippen LogP contribution in [-0.2, 0) is 0 Å². The lowest BCUT2D eigenvalue weighted by molar-refractivity contribution is 0.102. The number of carbonyl (C=O) groups excluding carboxylic acids is 1. The summed E-state index contributed by atoms with van der Waals surface area (Å²) in [5, 5.41) is 3.78. The van der Waals surface area contributed by atoms with Gasteiger partial charge in [0.2, 0.25) is 0 Å². The zero-order chi connectivity index (χ0) is 15.4. The van der Waals surface area contributed by atoms with Crippen molar-refractivity contribution in [2.75, 3.05) is 11.9 Å². The SMILES string of the molecule is CCOc1ccc(NC(=O)c2ccc(I)c(Cl)c2)cc1Cl. The van der Waals surface area contributed by atoms with Crippen LogP contribution < -0.4 is 10.1 Å². The molecule has 0 unspecified atom stereocenters. The summed E-state index contributed by atoms with van der Waals surface area (Å²) in [6, 6.07) is 10.3. The fourth-order valence-electron chi connectivity index (χ4n) is 1.69. The van der Waals surface area contributed by atoms with Crippen LogP contribution in [0.4, 0.5) is 5.69 Å². The number of hydrogen-bond acceptors (Lipinski definition) is 2. The summed E-state index contributed by atoms with van der Waals surface area (Å²) in [6.07, 6.45) is 0. The predicted octanol–water partition coefficient (Wildman–Crippen LogP) is 5.25. The summed E-state index contributed by atoms with van der Waals surface area (Å²) in [6.45, 7) is 2.42. The Morgan fingerprint density at radius 1 is 1.19 bits per heavy atom. The molecule has 110 valence electrons. The van der Waals surface area contributed by atoms with Crippen molar-refractivity contribution in [2.45, 2.75) is 6.92 Å². The van der Waals surface area contributed by atoms with E-state index in [9.17, 15) is 4.79 Å². The van der Waals surface area contributed by atoms with E-state index in [0.717, 1.165) is 3.57 Å². The molecule has 0 aromatic heterocycles. The first kappa shape index (κ1) is 16.4. The molecule has 1 amide bonds. The standard InChI is InChI=1S/C15H12Cl2INO2/c1-2-21-14-6-4-10(8-12(14)17)19-15(20)9-3-5-13(18)11(16)7-9/h3-8H,2H2,1H3,(H,19,20). The van der Waals surface area contributed by atoms with E-state index in [0.29, 0.717) is 33.7 Å². The third kappa shape index (κ3) is 4.25. The first-order valence-electron chi connectivity index (χ1n) is 6.20. The summed E-state index contributed by atoms with van der Waals surface area (Å²) in [7, 11) is 0. The van der Waals surface area contributed by atoms with Gasteiger partial charge in [0.25, 0.3) is 5.91 Å². The second-order valence-electron chi connectivity index (χ2n) is 4.16. The van der Waals surface area contributed by atoms with Gasteiger partial charge in [-0.15, -0.1) is 0 Å². The van der Waals surface area contributed by atoms with Gasteiger partial charge in [-0.25, -0.2) is 0 Å². The van der Waals surface area contributed by atoms with Gasteiger partial charge in [0.05, 0.1) is 16.7 Å². The molecule has 3 nitrogen and oxygen atoms in total. The molecule has 0 saturated carbocycles. The molecule has 0 radical (unpaired) electrons. The molecule has 0 bridgehead atoms. The fourth-order valence-corrected chi connectivity index (χ4v) is 2.44. The van der Waals surface area contributed by atoms with Crippen LogP contribution in [0.5, 0.6) is 5.75 Å². The van der Waals surface area contributed by atoms with Gasteiger partial charge in [0.15, 0.2) is 0 Å². The molecule has 0 heterocycles. The van der Waals surface area contributed by atoms with Crippen molar-refractivity contribution >= 4 is 57.4 Å². The lowest BCUT2D eigenvalue weighted by atomic mass is 10.2. The summed E-state index contributed by atoms with van der Waals surface area (Å²) < 4.78 is 6.25. The molecule has 0 saturated heterocycles. The van der Waals surface area contributed by atoms with Crippen molar-refractivity contribution in [2.24, 2.45) is 0 Å². The number of amides is 1. The van der Waals surface area contributed by atoms with E-state index in [1.54, 1.807) is 36.4 Å². The normalized spacial score (nSPS) is 10.3. The van der Waals surface area contributed by atoms with Crippen molar-refractivity contribution < 1.29 is 9.53 Å². The number of halogens is 3. The Bertz CT molecular complexity index is 677. The average molecular weight is 436 g/mol. The van der Waals surface area contributed by atoms with Gasteiger partial charge in [0, 0.05) is 14.8 Å². The van der Waals surface area contributed by atoms with Gasteiger partial charge in [-0.3, -0.25) is 4.79 Å². The molecule has 21 heavy (non-hydrogen) atoms. The van der Waals surface area contributed by atoms with Crippen LogP contribution >= 0.6 is 45.8 Å². The lowest BCUT2D eigenvalue weighted by Gasteiger charge is -2.09. The second kappa shape index (κ2) is 7.33. The molecule has 0 aliphatic rings. The quantitative estimate of drug-likeness (QED) is 0.666. The van der Waals surface area contributed by atoms with Crippen molar-refractivity contribution in [1.82, 2.24) is 0 Å². The van der Waals surface area contributed by atoms with Crippen LogP contribution in [-0.4, -0.2) is 12.5 Å². The minimum Gasteiger partial charge on any atom is -0.492 e. The maximum Gasteiger partial charge on any atom is 0.255 e. The van der Waals surface area contributed by atoms with E-state index < -0.39 is 0 Å². The lowest BCUT2D eigenvalue weighted by Crippen LogP contribution is -2.12. The van der Waals surface area contributed by atoms with Gasteiger partial charge in [-0.05, 0) is 65.9 Å². The molecule has 6 heteroatoms. The minimum atomic E-state index is -0.242. The smallest absolute Gasteiger partial charge is 0.255 e. The highest BCUT2D eigenvalue weighted by molar-refractivity contribution is 14.1. The van der Waals surface area contributed by atoms with Crippen LogP contribution in [0.1, 0.15) is 17.3 Å². The van der Waals surface area contributed by atoms with Gasteiger partial charge >= 0.3 is 0 Å². The summed E-state index contributed by atoms with van der Waals surface area (Å²) in [5.41, 5.74) is 1.09. The van der Waals surface area contributed by atoms with Crippen molar-refractivity contribution in [3.05, 3.63) is 55.6 Å². The zero-order valence-electron chi connectivity index (χ0n) is 11.1. The number of anilines is 1. The highest BCUT2D eigenvalue weighted by Crippen LogP contribution is 2.28. The highest BCUT2D eigenvalue weighted by Gasteiger charge is 2.10. The van der Waals surface area contributed by atoms with Crippen LogP contribution in [0, 0.1) is 3.57 Å². The zero-order valence-corrected chi connectivity index (χ0v) is 14.8. The Morgan fingerprint density at radius 2 is 1.95 bits per heavy atom. The largest absolute Gasteiger partial charge is 0.492 e. The molecule has 2 rings (SSSR count). The monoisotopic (exact) mass is 435 g/mol. The molecule has 1 N–H and O–H groups in total. The maximum absolute atomic E-state index is 12.2. The summed E-state index contributed by atoms with van der Waals surface area (Å²) in [5.74, 6) is 0.350. The maximum atomic E-state index is 12.2. The molecule has 0 spiro atoms. The van der Waals surface area contributed by atoms with Crippen LogP contribution in [0.2, 0.25) is 10.0 Å². The van der Waals surface area contributed by atoms with Crippen LogP contribution in [0.15, 0.2) is 36.4 Å². The fraction of sp³-hybridized carbons (Fsp3) is 0.133. The Labute approximate surface area is 146 Å². The molecule has 0 atom stereocenters. The molecule has 0 aliphatic carbocycles. The molecular formula is C15H12Cl2INO2. The Hall–Kier alpha value is -0.980. The number of hydrogen-bond donors (Lipinski definition) is 1. The Kier molecular flexibility index (Phi) is 5.72. The minimum absolute atomic E-state index is 0.242. The third-order valence-electron chi connectivity index (χ3n) is 2.67. The number of benzene rings is 2. The Balaban J connectivity index is 2.15. The molecule has 2 aromatic rings. The van der Waals surface area contributed by atoms with E-state index in [4.69, 9.17) is 27.9 Å². The molecular weight excluding hydrogens is 424 g/mol. The first-order chi connectivity index (χ1) is 10.0. The number of carbonyl (C=O) groups is 1. The number of nitrogens with one attached hydrogen (secondary N) is 1. The van der Waals surface area contributed by atoms with E-state index in [2.05, 4.69) is 27.9 Å². The summed E-state index contributed by atoms with van der Waals surface area (Å²) in [4.78, 5) is 12.2. The van der Waals surface area contributed by atoms with Gasteiger partial charge in [-0.2, -0.15) is 0 Å². The molecule has 0 aliphatic heterocycles. The number of ether oxygens (including phenoxy) is 1. The third-order valence-corrected chi connectivity index (χ3v) is 4.54. The van der Waals surface area contributed by atoms with Gasteiger partial charge in [-0.1, -0.05) is 23.2 Å². The molecule has 0 fully saturated rings. The summed E-state index contributed by atoms with van der Waals surface area (Å²) >= 11 is 14.2. The average Bonchev–Trinajstić information content (AvgIpc) is 2.45. The highest BCUT2D eigenvalue weighted by atomic mass is 127. The van der Waals surface area contributed by atoms with Crippen LogP contribution in [0.25, 0.3) is 0 Å². The van der Waals surface area contributed by atoms with Gasteiger partial charge < -0.3 is 10.1 Å². The number of rotatable bonds is 4. The molecule has 2 aromatic carbocycles. The van der Waals surface area contributed by atoms with Crippen LogP contribution in [0.3, 0.4) is 0 Å². The van der Waals surface area contributed by atoms with E-state index in [-0.39, 0.29) is 5.91 Å². The van der Waals surface area contributed by atoms with Crippen molar-refractivity contribution in [3.8, 4) is 5.75 Å².